The van der Waals surface area contributed by atoms with Gasteiger partial charge in [-0.1, -0.05) is 83.0 Å². The number of fused-ring (bicyclic) bond motifs is 2. The van der Waals surface area contributed by atoms with Gasteiger partial charge in [-0.3, -0.25) is 0 Å². The number of rotatable bonds is 13. The highest BCUT2D eigenvalue weighted by atomic mass is 16.5. The highest BCUT2D eigenvalue weighted by molar-refractivity contribution is 5.86. The third-order valence-electron chi connectivity index (χ3n) is 8.94. The summed E-state index contributed by atoms with van der Waals surface area (Å²) in [5.41, 5.74) is 6.78. The number of aromatic nitrogens is 6. The van der Waals surface area contributed by atoms with Gasteiger partial charge in [-0.25, -0.2) is 4.79 Å². The van der Waals surface area contributed by atoms with Crippen molar-refractivity contribution in [3.05, 3.63) is 107 Å². The van der Waals surface area contributed by atoms with Crippen molar-refractivity contribution in [3.63, 3.8) is 0 Å². The SMILES string of the molecule is C=C(C)C(=O)OCCc1cc(Cc2cc(C(C)(C)CCCCC)cc(-n3nc4ccccc4n3)c2O)c(O)c(-n2nc3ccccc3n2)c1. The topological polar surface area (TPSA) is 128 Å². The van der Waals surface area contributed by atoms with Crippen LogP contribution in [0.15, 0.2) is 84.9 Å². The molecule has 0 fully saturated rings. The van der Waals surface area contributed by atoms with E-state index in [9.17, 15) is 15.0 Å². The molecule has 0 atom stereocenters. The number of hydrogen-bond acceptors (Lipinski definition) is 8. The standard InChI is InChI=1S/C39H42N6O4/c1-6-7-12-18-39(4,5)29-23-28(37(47)35(24-29)45-42-32-15-10-11-16-33(32)43-45)22-27-20-26(17-19-49-38(48)25(2)3)21-34(36(27)46)44-40-30-13-8-9-14-31(30)41-44/h8-11,13-16,20-21,23-24,46-47H,2,6-7,12,17-19,22H2,1,3-5H3. The fourth-order valence-electron chi connectivity index (χ4n) is 6.02. The molecule has 4 aromatic carbocycles. The molecule has 2 N–H and O–H groups in total. The van der Waals surface area contributed by atoms with Gasteiger partial charge in [-0.2, -0.15) is 0 Å². The van der Waals surface area contributed by atoms with Crippen LogP contribution in [0.2, 0.25) is 0 Å². The molecule has 252 valence electrons. The Labute approximate surface area is 285 Å². The molecule has 0 unspecified atom stereocenters. The summed E-state index contributed by atoms with van der Waals surface area (Å²) in [7, 11) is 0. The van der Waals surface area contributed by atoms with Gasteiger partial charge in [-0.05, 0) is 66.3 Å². The van der Waals surface area contributed by atoms with E-state index in [1.165, 1.54) is 9.59 Å². The fraction of sp³-hybridized carbons (Fsp3) is 0.308. The predicted molar refractivity (Wildman–Crippen MR) is 191 cm³/mol. The maximum Gasteiger partial charge on any atom is 0.333 e. The molecule has 10 nitrogen and oxygen atoms in total. The molecule has 0 saturated carbocycles. The number of phenolic OH excluding ortho intramolecular Hbond substituents is 2. The maximum atomic E-state index is 12.1. The van der Waals surface area contributed by atoms with Crippen molar-refractivity contribution in [2.75, 3.05) is 6.61 Å². The average Bonchev–Trinajstić information content (AvgIpc) is 3.71. The van der Waals surface area contributed by atoms with Crippen molar-refractivity contribution in [2.45, 2.75) is 71.6 Å². The number of carbonyl (C=O) groups excluding carboxylic acids is 1. The molecule has 2 aromatic heterocycles. The van der Waals surface area contributed by atoms with Crippen molar-refractivity contribution in [1.82, 2.24) is 30.0 Å². The number of esters is 1. The normalized spacial score (nSPS) is 11.8. The van der Waals surface area contributed by atoms with Crippen LogP contribution < -0.4 is 0 Å². The number of hydrogen-bond donors (Lipinski definition) is 2. The molecule has 10 heteroatoms. The third kappa shape index (κ3) is 7.18. The molecule has 0 bridgehead atoms. The Balaban J connectivity index is 1.46. The molecule has 2 heterocycles. The molecule has 0 radical (unpaired) electrons. The Morgan fingerprint density at radius 1 is 0.796 bits per heavy atom. The van der Waals surface area contributed by atoms with E-state index in [1.807, 2.05) is 66.7 Å². The molecular formula is C39H42N6O4. The van der Waals surface area contributed by atoms with Crippen molar-refractivity contribution in [3.8, 4) is 22.9 Å². The lowest BCUT2D eigenvalue weighted by Crippen LogP contribution is -2.18. The highest BCUT2D eigenvalue weighted by Crippen LogP contribution is 2.39. The van der Waals surface area contributed by atoms with Crippen LogP contribution >= 0.6 is 0 Å². The summed E-state index contributed by atoms with van der Waals surface area (Å²) in [5.74, 6) is -0.451. The third-order valence-corrected chi connectivity index (χ3v) is 8.94. The lowest BCUT2D eigenvalue weighted by molar-refractivity contribution is -0.138. The van der Waals surface area contributed by atoms with Crippen molar-refractivity contribution in [2.24, 2.45) is 0 Å². The summed E-state index contributed by atoms with van der Waals surface area (Å²) in [4.78, 5) is 15.0. The number of ether oxygens (including phenoxy) is 1. The van der Waals surface area contributed by atoms with Crippen LogP contribution in [0.25, 0.3) is 33.4 Å². The molecule has 0 spiro atoms. The summed E-state index contributed by atoms with van der Waals surface area (Å²) in [6.07, 6.45) is 4.87. The van der Waals surface area contributed by atoms with E-state index in [0.717, 1.165) is 47.8 Å². The predicted octanol–water partition coefficient (Wildman–Crippen LogP) is 7.68. The summed E-state index contributed by atoms with van der Waals surface area (Å²) in [6.45, 7) is 12.0. The van der Waals surface area contributed by atoms with E-state index in [0.29, 0.717) is 45.5 Å². The Morgan fingerprint density at radius 3 is 1.82 bits per heavy atom. The first-order valence-electron chi connectivity index (χ1n) is 16.7. The zero-order chi connectivity index (χ0) is 34.7. The Kier molecular flexibility index (Phi) is 9.49. The number of aromatic hydroxyl groups is 2. The largest absolute Gasteiger partial charge is 0.505 e. The van der Waals surface area contributed by atoms with Crippen LogP contribution in [-0.4, -0.2) is 52.8 Å². The number of unbranched alkanes of at least 4 members (excludes halogenated alkanes) is 2. The zero-order valence-corrected chi connectivity index (χ0v) is 28.5. The molecule has 0 saturated heterocycles. The fourth-order valence-corrected chi connectivity index (χ4v) is 6.02. The highest BCUT2D eigenvalue weighted by Gasteiger charge is 2.26. The van der Waals surface area contributed by atoms with Gasteiger partial charge < -0.3 is 14.9 Å². The van der Waals surface area contributed by atoms with Crippen LogP contribution in [0.4, 0.5) is 0 Å². The minimum absolute atomic E-state index is 0.0144. The second-order valence-electron chi connectivity index (χ2n) is 13.3. The van der Waals surface area contributed by atoms with Crippen molar-refractivity contribution < 1.29 is 19.7 Å². The number of benzene rings is 4. The van der Waals surface area contributed by atoms with Gasteiger partial charge in [0.05, 0.1) is 6.61 Å². The van der Waals surface area contributed by atoms with Gasteiger partial charge in [0.15, 0.2) is 0 Å². The van der Waals surface area contributed by atoms with E-state index in [4.69, 9.17) is 4.74 Å². The maximum absolute atomic E-state index is 12.1. The number of carbonyl (C=O) groups is 1. The minimum atomic E-state index is -0.463. The number of nitrogens with zero attached hydrogens (tertiary/aromatic N) is 6. The lowest BCUT2D eigenvalue weighted by atomic mass is 9.78. The summed E-state index contributed by atoms with van der Waals surface area (Å²) in [5, 5.41) is 42.2. The van der Waals surface area contributed by atoms with E-state index >= 15 is 0 Å². The van der Waals surface area contributed by atoms with Crippen LogP contribution in [0.1, 0.15) is 75.6 Å². The molecule has 0 aliphatic carbocycles. The van der Waals surface area contributed by atoms with Crippen molar-refractivity contribution >= 4 is 28.0 Å². The van der Waals surface area contributed by atoms with E-state index < -0.39 is 5.97 Å². The molecule has 49 heavy (non-hydrogen) atoms. The van der Waals surface area contributed by atoms with Gasteiger partial charge >= 0.3 is 5.97 Å². The summed E-state index contributed by atoms with van der Waals surface area (Å²) in [6, 6.07) is 22.7. The van der Waals surface area contributed by atoms with Gasteiger partial charge in [0, 0.05) is 29.5 Å². The Bertz CT molecular complexity index is 2100. The molecular weight excluding hydrogens is 616 g/mol. The Morgan fingerprint density at radius 2 is 1.31 bits per heavy atom. The average molecular weight is 659 g/mol. The first kappa shape index (κ1) is 33.4. The van der Waals surface area contributed by atoms with Gasteiger partial charge in [0.25, 0.3) is 0 Å². The zero-order valence-electron chi connectivity index (χ0n) is 28.5. The minimum Gasteiger partial charge on any atom is -0.505 e. The summed E-state index contributed by atoms with van der Waals surface area (Å²) >= 11 is 0. The summed E-state index contributed by atoms with van der Waals surface area (Å²) < 4.78 is 5.40. The van der Waals surface area contributed by atoms with E-state index in [2.05, 4.69) is 47.7 Å². The van der Waals surface area contributed by atoms with Crippen molar-refractivity contribution in [1.29, 1.82) is 0 Å². The van der Waals surface area contributed by atoms with E-state index in [-0.39, 0.29) is 29.9 Å². The lowest BCUT2D eigenvalue weighted by Gasteiger charge is -2.27. The monoisotopic (exact) mass is 658 g/mol. The van der Waals surface area contributed by atoms with Crippen LogP contribution in [-0.2, 0) is 27.8 Å². The van der Waals surface area contributed by atoms with Gasteiger partial charge in [0.2, 0.25) is 0 Å². The van der Waals surface area contributed by atoms with Crippen LogP contribution in [0.5, 0.6) is 11.5 Å². The first-order valence-corrected chi connectivity index (χ1v) is 16.7. The molecule has 6 rings (SSSR count). The molecule has 0 amide bonds. The smallest absolute Gasteiger partial charge is 0.333 e. The second kappa shape index (κ2) is 13.9. The molecule has 6 aromatic rings. The quantitative estimate of drug-likeness (QED) is 0.0735. The Hall–Kier alpha value is -5.51. The van der Waals surface area contributed by atoms with E-state index in [1.54, 1.807) is 13.0 Å². The number of phenols is 2. The van der Waals surface area contributed by atoms with Gasteiger partial charge in [-0.15, -0.1) is 30.0 Å². The van der Waals surface area contributed by atoms with Crippen LogP contribution in [0.3, 0.4) is 0 Å². The van der Waals surface area contributed by atoms with Crippen LogP contribution in [0, 0.1) is 0 Å². The molecule has 0 aliphatic heterocycles. The second-order valence-corrected chi connectivity index (χ2v) is 13.3. The van der Waals surface area contributed by atoms with Gasteiger partial charge in [0.1, 0.15) is 44.9 Å². The first-order chi connectivity index (χ1) is 23.5. The molecule has 0 aliphatic rings.